The highest BCUT2D eigenvalue weighted by Gasteiger charge is 2.23. The zero-order valence-corrected chi connectivity index (χ0v) is 14.3. The zero-order chi connectivity index (χ0) is 15.2. The SMILES string of the molecule is CN=C(NCC(C)(C)NS(C)(=O)=O)NC1CCCSC1. The fourth-order valence-electron chi connectivity index (χ4n) is 2.09. The molecule has 0 aromatic carbocycles. The molecular weight excluding hydrogens is 296 g/mol. The van der Waals surface area contributed by atoms with E-state index in [0.717, 1.165) is 18.1 Å². The van der Waals surface area contributed by atoms with Crippen LogP contribution in [0, 0.1) is 0 Å². The van der Waals surface area contributed by atoms with Crippen molar-refractivity contribution in [3.05, 3.63) is 0 Å². The second-order valence-electron chi connectivity index (χ2n) is 5.74. The molecule has 1 rings (SSSR count). The van der Waals surface area contributed by atoms with Gasteiger partial charge in [0.25, 0.3) is 0 Å². The molecule has 3 N–H and O–H groups in total. The molecule has 1 aliphatic heterocycles. The summed E-state index contributed by atoms with van der Waals surface area (Å²) in [6.45, 7) is 4.15. The van der Waals surface area contributed by atoms with Crippen molar-refractivity contribution in [2.24, 2.45) is 4.99 Å². The maximum absolute atomic E-state index is 11.3. The predicted molar refractivity (Wildman–Crippen MR) is 86.9 cm³/mol. The van der Waals surface area contributed by atoms with E-state index in [1.54, 1.807) is 7.05 Å². The first-order valence-corrected chi connectivity index (χ1v) is 9.80. The molecule has 1 unspecified atom stereocenters. The van der Waals surface area contributed by atoms with Crippen molar-refractivity contribution >= 4 is 27.7 Å². The molecule has 0 bridgehead atoms. The quantitative estimate of drug-likeness (QED) is 0.503. The maximum atomic E-state index is 11.3. The molecule has 1 atom stereocenters. The molecule has 20 heavy (non-hydrogen) atoms. The Morgan fingerprint density at radius 3 is 2.65 bits per heavy atom. The van der Waals surface area contributed by atoms with E-state index < -0.39 is 15.6 Å². The van der Waals surface area contributed by atoms with Crippen LogP contribution in [0.25, 0.3) is 0 Å². The summed E-state index contributed by atoms with van der Waals surface area (Å²) in [4.78, 5) is 4.19. The minimum atomic E-state index is -3.22. The fourth-order valence-corrected chi connectivity index (χ4v) is 4.23. The van der Waals surface area contributed by atoms with Gasteiger partial charge in [-0.15, -0.1) is 0 Å². The van der Waals surface area contributed by atoms with Crippen LogP contribution in [0.1, 0.15) is 26.7 Å². The molecule has 0 saturated carbocycles. The van der Waals surface area contributed by atoms with E-state index in [2.05, 4.69) is 20.3 Å². The Kier molecular flexibility index (Phi) is 6.60. The van der Waals surface area contributed by atoms with E-state index in [1.807, 2.05) is 25.6 Å². The number of guanidine groups is 1. The number of nitrogens with one attached hydrogen (secondary N) is 3. The van der Waals surface area contributed by atoms with Crippen molar-refractivity contribution in [3.8, 4) is 0 Å². The van der Waals surface area contributed by atoms with Gasteiger partial charge in [0, 0.05) is 30.9 Å². The van der Waals surface area contributed by atoms with Gasteiger partial charge in [-0.3, -0.25) is 4.99 Å². The lowest BCUT2D eigenvalue weighted by Gasteiger charge is -2.28. The number of sulfonamides is 1. The molecule has 0 aromatic rings. The Morgan fingerprint density at radius 2 is 2.15 bits per heavy atom. The van der Waals surface area contributed by atoms with Gasteiger partial charge in [-0.25, -0.2) is 13.1 Å². The van der Waals surface area contributed by atoms with E-state index in [9.17, 15) is 8.42 Å². The maximum Gasteiger partial charge on any atom is 0.209 e. The van der Waals surface area contributed by atoms with Crippen LogP contribution in [0.2, 0.25) is 0 Å². The molecule has 118 valence electrons. The highest BCUT2D eigenvalue weighted by Crippen LogP contribution is 2.16. The lowest BCUT2D eigenvalue weighted by Crippen LogP contribution is -2.54. The highest BCUT2D eigenvalue weighted by molar-refractivity contribution is 7.99. The third kappa shape index (κ3) is 7.35. The number of thioether (sulfide) groups is 1. The molecule has 0 radical (unpaired) electrons. The summed E-state index contributed by atoms with van der Waals surface area (Å²) in [5.41, 5.74) is -0.563. The van der Waals surface area contributed by atoms with Gasteiger partial charge < -0.3 is 10.6 Å². The summed E-state index contributed by atoms with van der Waals surface area (Å²) in [5.74, 6) is 3.04. The molecule has 6 nitrogen and oxygen atoms in total. The van der Waals surface area contributed by atoms with E-state index >= 15 is 0 Å². The van der Waals surface area contributed by atoms with Crippen molar-refractivity contribution in [2.75, 3.05) is 31.4 Å². The average molecular weight is 323 g/mol. The molecule has 0 amide bonds. The number of aliphatic imine (C=N–C) groups is 1. The molecular formula is C12H26N4O2S2. The van der Waals surface area contributed by atoms with Gasteiger partial charge in [-0.2, -0.15) is 11.8 Å². The summed E-state index contributed by atoms with van der Waals surface area (Å²) < 4.78 is 25.2. The standard InChI is InChI=1S/C12H26N4O2S2/c1-12(2,16-20(4,17)18)9-14-11(13-3)15-10-6-5-7-19-8-10/h10,16H,5-9H2,1-4H3,(H2,13,14,15). The topological polar surface area (TPSA) is 82.6 Å². The van der Waals surface area contributed by atoms with Crippen LogP contribution in [0.5, 0.6) is 0 Å². The van der Waals surface area contributed by atoms with Gasteiger partial charge in [-0.1, -0.05) is 0 Å². The van der Waals surface area contributed by atoms with E-state index in [4.69, 9.17) is 0 Å². The first-order chi connectivity index (χ1) is 9.22. The third-order valence-corrected chi connectivity index (χ3v) is 5.02. The van der Waals surface area contributed by atoms with Crippen molar-refractivity contribution in [2.45, 2.75) is 38.3 Å². The predicted octanol–water partition coefficient (Wildman–Crippen LogP) is 0.375. The monoisotopic (exact) mass is 322 g/mol. The van der Waals surface area contributed by atoms with Crippen LogP contribution in [-0.4, -0.2) is 57.3 Å². The van der Waals surface area contributed by atoms with Crippen LogP contribution in [0.3, 0.4) is 0 Å². The van der Waals surface area contributed by atoms with Crippen LogP contribution in [-0.2, 0) is 10.0 Å². The average Bonchev–Trinajstić information content (AvgIpc) is 2.33. The first-order valence-electron chi connectivity index (χ1n) is 6.76. The Labute approximate surface area is 126 Å². The summed E-state index contributed by atoms with van der Waals surface area (Å²) in [6.07, 6.45) is 3.54. The van der Waals surface area contributed by atoms with E-state index in [1.165, 1.54) is 18.4 Å². The molecule has 1 aliphatic rings. The molecule has 1 heterocycles. The van der Waals surface area contributed by atoms with Crippen LogP contribution in [0.15, 0.2) is 4.99 Å². The molecule has 1 saturated heterocycles. The number of rotatable bonds is 5. The minimum Gasteiger partial charge on any atom is -0.355 e. The van der Waals surface area contributed by atoms with Gasteiger partial charge >= 0.3 is 0 Å². The molecule has 8 heteroatoms. The molecule has 0 aliphatic carbocycles. The second kappa shape index (κ2) is 7.51. The van der Waals surface area contributed by atoms with Gasteiger partial charge in [0.15, 0.2) is 5.96 Å². The van der Waals surface area contributed by atoms with Crippen molar-refractivity contribution in [1.82, 2.24) is 15.4 Å². The van der Waals surface area contributed by atoms with Crippen molar-refractivity contribution in [1.29, 1.82) is 0 Å². The Morgan fingerprint density at radius 1 is 1.45 bits per heavy atom. The third-order valence-electron chi connectivity index (χ3n) is 2.88. The molecule has 1 fully saturated rings. The zero-order valence-electron chi connectivity index (χ0n) is 12.7. The highest BCUT2D eigenvalue weighted by atomic mass is 32.2. The fraction of sp³-hybridized carbons (Fsp3) is 0.917. The lowest BCUT2D eigenvalue weighted by atomic mass is 10.1. The van der Waals surface area contributed by atoms with E-state index in [-0.39, 0.29) is 0 Å². The minimum absolute atomic E-state index is 0.436. The number of nitrogens with zero attached hydrogens (tertiary/aromatic N) is 1. The Bertz CT molecular complexity index is 429. The van der Waals surface area contributed by atoms with Gasteiger partial charge in [-0.05, 0) is 32.4 Å². The van der Waals surface area contributed by atoms with Crippen LogP contribution < -0.4 is 15.4 Å². The summed E-state index contributed by atoms with van der Waals surface area (Å²) in [7, 11) is -1.49. The van der Waals surface area contributed by atoms with Crippen molar-refractivity contribution < 1.29 is 8.42 Å². The summed E-state index contributed by atoms with van der Waals surface area (Å²) in [5, 5.41) is 6.56. The summed E-state index contributed by atoms with van der Waals surface area (Å²) in [6, 6.07) is 0.436. The Hall–Kier alpha value is -0.470. The Balaban J connectivity index is 2.44. The van der Waals surface area contributed by atoms with Gasteiger partial charge in [0.05, 0.1) is 6.26 Å². The normalized spacial score (nSPS) is 21.6. The van der Waals surface area contributed by atoms with E-state index in [0.29, 0.717) is 12.6 Å². The van der Waals surface area contributed by atoms with Gasteiger partial charge in [0.1, 0.15) is 0 Å². The van der Waals surface area contributed by atoms with Crippen LogP contribution in [0.4, 0.5) is 0 Å². The van der Waals surface area contributed by atoms with Crippen molar-refractivity contribution in [3.63, 3.8) is 0 Å². The molecule has 0 spiro atoms. The number of hydrogen-bond donors (Lipinski definition) is 3. The second-order valence-corrected chi connectivity index (χ2v) is 8.64. The van der Waals surface area contributed by atoms with Crippen LogP contribution >= 0.6 is 11.8 Å². The largest absolute Gasteiger partial charge is 0.355 e. The smallest absolute Gasteiger partial charge is 0.209 e. The first kappa shape index (κ1) is 17.6. The summed E-state index contributed by atoms with van der Waals surface area (Å²) >= 11 is 1.95. The van der Waals surface area contributed by atoms with Gasteiger partial charge in [0.2, 0.25) is 10.0 Å². The molecule has 0 aromatic heterocycles. The lowest BCUT2D eigenvalue weighted by molar-refractivity contribution is 0.444. The number of hydrogen-bond acceptors (Lipinski definition) is 4.